The zero-order valence-electron chi connectivity index (χ0n) is 18.4. The van der Waals surface area contributed by atoms with Crippen LogP contribution in [0, 0.1) is 13.8 Å². The third kappa shape index (κ3) is 5.98. The Morgan fingerprint density at radius 2 is 1.83 bits per heavy atom. The molecule has 0 radical (unpaired) electrons. The first-order valence-corrected chi connectivity index (χ1v) is 12.0. The van der Waals surface area contributed by atoms with E-state index in [4.69, 9.17) is 4.74 Å². The molecular formula is C23H32N2O4S. The quantitative estimate of drug-likeness (QED) is 0.582. The van der Waals surface area contributed by atoms with E-state index >= 15 is 0 Å². The van der Waals surface area contributed by atoms with Crippen LogP contribution >= 0.6 is 0 Å². The van der Waals surface area contributed by atoms with Gasteiger partial charge in [-0.15, -0.1) is 0 Å². The van der Waals surface area contributed by atoms with Crippen LogP contribution in [0.2, 0.25) is 0 Å². The monoisotopic (exact) mass is 432 g/mol. The normalized spacial score (nSPS) is 12.3. The highest BCUT2D eigenvalue weighted by molar-refractivity contribution is 7.92. The summed E-state index contributed by atoms with van der Waals surface area (Å²) in [4.78, 5) is 12.9. The topological polar surface area (TPSA) is 75.7 Å². The minimum atomic E-state index is -3.63. The summed E-state index contributed by atoms with van der Waals surface area (Å²) in [5, 5.41) is 2.90. The van der Waals surface area contributed by atoms with Gasteiger partial charge in [0.05, 0.1) is 19.1 Å². The summed E-state index contributed by atoms with van der Waals surface area (Å²) in [6.07, 6.45) is 3.00. The van der Waals surface area contributed by atoms with Crippen molar-refractivity contribution in [2.45, 2.75) is 46.1 Å². The van der Waals surface area contributed by atoms with Gasteiger partial charge in [-0.05, 0) is 68.0 Å². The third-order valence-electron chi connectivity index (χ3n) is 5.19. The number of rotatable bonds is 10. The third-order valence-corrected chi connectivity index (χ3v) is 6.37. The van der Waals surface area contributed by atoms with Crippen LogP contribution in [0.25, 0.3) is 0 Å². The summed E-state index contributed by atoms with van der Waals surface area (Å²) < 4.78 is 31.7. The highest BCUT2D eigenvalue weighted by Gasteiger charge is 2.31. The van der Waals surface area contributed by atoms with Crippen LogP contribution in [0.15, 0.2) is 42.5 Å². The van der Waals surface area contributed by atoms with Gasteiger partial charge in [0.2, 0.25) is 15.9 Å². The molecule has 2 rings (SSSR count). The fraction of sp³-hybridized carbons (Fsp3) is 0.435. The highest BCUT2D eigenvalue weighted by atomic mass is 32.2. The number of anilines is 1. The molecule has 0 saturated carbocycles. The number of methoxy groups -OCH3 is 1. The van der Waals surface area contributed by atoms with Crippen molar-refractivity contribution < 1.29 is 17.9 Å². The number of hydrogen-bond acceptors (Lipinski definition) is 4. The van der Waals surface area contributed by atoms with E-state index in [2.05, 4.69) is 5.32 Å². The predicted molar refractivity (Wildman–Crippen MR) is 122 cm³/mol. The Bertz CT molecular complexity index is 973. The van der Waals surface area contributed by atoms with Crippen LogP contribution in [0.1, 0.15) is 36.5 Å². The lowest BCUT2D eigenvalue weighted by Gasteiger charge is -2.30. The van der Waals surface area contributed by atoms with Gasteiger partial charge in [0, 0.05) is 6.54 Å². The molecule has 0 heterocycles. The number of nitrogens with zero attached hydrogens (tertiary/aromatic N) is 1. The zero-order chi connectivity index (χ0) is 22.3. The lowest BCUT2D eigenvalue weighted by atomic mass is 10.1. The van der Waals surface area contributed by atoms with Crippen LogP contribution < -0.4 is 14.4 Å². The first kappa shape index (κ1) is 23.7. The summed E-state index contributed by atoms with van der Waals surface area (Å²) in [6, 6.07) is 12.4. The predicted octanol–water partition coefficient (Wildman–Crippen LogP) is 3.61. The molecule has 2 aromatic carbocycles. The van der Waals surface area contributed by atoms with Crippen molar-refractivity contribution >= 4 is 21.6 Å². The number of hydrogen-bond donors (Lipinski definition) is 1. The average molecular weight is 433 g/mol. The van der Waals surface area contributed by atoms with E-state index in [9.17, 15) is 13.2 Å². The number of ether oxygens (including phenoxy) is 1. The second kappa shape index (κ2) is 10.5. The molecule has 1 amide bonds. The number of carbonyl (C=O) groups is 1. The molecule has 0 saturated heterocycles. The van der Waals surface area contributed by atoms with E-state index in [1.165, 1.54) is 4.31 Å². The molecule has 2 aromatic rings. The van der Waals surface area contributed by atoms with Crippen molar-refractivity contribution in [3.05, 3.63) is 59.2 Å². The van der Waals surface area contributed by atoms with Crippen LogP contribution in [0.3, 0.4) is 0 Å². The highest BCUT2D eigenvalue weighted by Crippen LogP contribution is 2.25. The molecule has 1 atom stereocenters. The van der Waals surface area contributed by atoms with E-state index in [1.54, 1.807) is 13.2 Å². The summed E-state index contributed by atoms with van der Waals surface area (Å²) in [5.74, 6) is 0.537. The number of nitrogens with one attached hydrogen (secondary N) is 1. The minimum Gasteiger partial charge on any atom is -0.496 e. The Balaban J connectivity index is 2.09. The van der Waals surface area contributed by atoms with Crippen molar-refractivity contribution in [3.63, 3.8) is 0 Å². The van der Waals surface area contributed by atoms with Gasteiger partial charge in [0.15, 0.2) is 0 Å². The molecule has 0 spiro atoms. The summed E-state index contributed by atoms with van der Waals surface area (Å²) in [5.41, 5.74) is 3.64. The number of benzene rings is 2. The first-order chi connectivity index (χ1) is 14.2. The summed E-state index contributed by atoms with van der Waals surface area (Å²) >= 11 is 0. The summed E-state index contributed by atoms with van der Waals surface area (Å²) in [6.45, 7) is 6.17. The van der Waals surface area contributed by atoms with Crippen molar-refractivity contribution in [1.29, 1.82) is 0 Å². The van der Waals surface area contributed by atoms with E-state index in [-0.39, 0.29) is 5.91 Å². The molecule has 1 N–H and O–H groups in total. The van der Waals surface area contributed by atoms with Gasteiger partial charge in [-0.25, -0.2) is 8.42 Å². The van der Waals surface area contributed by atoms with Crippen molar-refractivity contribution in [3.8, 4) is 5.75 Å². The van der Waals surface area contributed by atoms with E-state index in [1.807, 2.05) is 57.2 Å². The number of sulfonamides is 1. The average Bonchev–Trinajstić information content (AvgIpc) is 2.70. The first-order valence-electron chi connectivity index (χ1n) is 10.1. The molecule has 0 aromatic heterocycles. The smallest absolute Gasteiger partial charge is 0.243 e. The molecule has 7 heteroatoms. The number of aryl methyl sites for hydroxylation is 3. The van der Waals surface area contributed by atoms with Gasteiger partial charge < -0.3 is 10.1 Å². The standard InChI is InChI=1S/C23H32N2O4S/c1-6-21(25(30(5,27)28)20-14-13-17(2)18(3)16-20)23(26)24-15-9-11-19-10-7-8-12-22(19)29-4/h7-8,10,12-14,16,21H,6,9,11,15H2,1-5H3,(H,24,26). The maximum atomic E-state index is 12.9. The Labute approximate surface area is 180 Å². The van der Waals surface area contributed by atoms with E-state index < -0.39 is 16.1 Å². The number of carbonyl (C=O) groups excluding carboxylic acids is 1. The van der Waals surface area contributed by atoms with Gasteiger partial charge >= 0.3 is 0 Å². The molecular weight excluding hydrogens is 400 g/mol. The molecule has 0 aliphatic rings. The van der Waals surface area contributed by atoms with Gasteiger partial charge in [-0.3, -0.25) is 9.10 Å². The molecule has 0 aliphatic carbocycles. The van der Waals surface area contributed by atoms with E-state index in [0.717, 1.165) is 41.5 Å². The fourth-order valence-corrected chi connectivity index (χ4v) is 4.64. The number of para-hydroxylation sites is 1. The molecule has 1 unspecified atom stereocenters. The molecule has 30 heavy (non-hydrogen) atoms. The lowest BCUT2D eigenvalue weighted by molar-refractivity contribution is -0.122. The van der Waals surface area contributed by atoms with Gasteiger partial charge in [0.1, 0.15) is 11.8 Å². The fourth-order valence-electron chi connectivity index (χ4n) is 3.44. The molecule has 6 nitrogen and oxygen atoms in total. The van der Waals surface area contributed by atoms with Crippen LogP contribution in [0.5, 0.6) is 5.75 Å². The second-order valence-corrected chi connectivity index (χ2v) is 9.32. The van der Waals surface area contributed by atoms with Crippen LogP contribution in [-0.2, 0) is 21.2 Å². The van der Waals surface area contributed by atoms with Crippen molar-refractivity contribution in [2.24, 2.45) is 0 Å². The Kier molecular flexibility index (Phi) is 8.29. The van der Waals surface area contributed by atoms with Gasteiger partial charge in [-0.1, -0.05) is 31.2 Å². The van der Waals surface area contributed by atoms with Crippen LogP contribution in [-0.4, -0.2) is 40.3 Å². The minimum absolute atomic E-state index is 0.291. The zero-order valence-corrected chi connectivity index (χ0v) is 19.3. The maximum absolute atomic E-state index is 12.9. The van der Waals surface area contributed by atoms with Crippen LogP contribution in [0.4, 0.5) is 5.69 Å². The Morgan fingerprint density at radius 3 is 2.43 bits per heavy atom. The maximum Gasteiger partial charge on any atom is 0.243 e. The molecule has 0 aliphatic heterocycles. The molecule has 0 fully saturated rings. The summed E-state index contributed by atoms with van der Waals surface area (Å²) in [7, 11) is -1.99. The van der Waals surface area contributed by atoms with Gasteiger partial charge in [0.25, 0.3) is 0 Å². The van der Waals surface area contributed by atoms with Crippen molar-refractivity contribution in [1.82, 2.24) is 5.32 Å². The largest absolute Gasteiger partial charge is 0.496 e. The molecule has 0 bridgehead atoms. The lowest BCUT2D eigenvalue weighted by Crippen LogP contribution is -2.49. The van der Waals surface area contributed by atoms with Crippen molar-refractivity contribution in [2.75, 3.05) is 24.2 Å². The Morgan fingerprint density at radius 1 is 1.13 bits per heavy atom. The second-order valence-electron chi connectivity index (χ2n) is 7.46. The van der Waals surface area contributed by atoms with E-state index in [0.29, 0.717) is 18.7 Å². The Hall–Kier alpha value is -2.54. The SMILES string of the molecule is CCC(C(=O)NCCCc1ccccc1OC)N(c1ccc(C)c(C)c1)S(C)(=O)=O. The number of amides is 1. The van der Waals surface area contributed by atoms with Gasteiger partial charge in [-0.2, -0.15) is 0 Å². The molecule has 164 valence electrons.